The van der Waals surface area contributed by atoms with Crippen LogP contribution in [0, 0.1) is 5.82 Å². The van der Waals surface area contributed by atoms with Crippen molar-refractivity contribution in [2.75, 3.05) is 38.0 Å². The van der Waals surface area contributed by atoms with Crippen molar-refractivity contribution in [2.24, 2.45) is 0 Å². The lowest BCUT2D eigenvalue weighted by Gasteiger charge is -2.35. The van der Waals surface area contributed by atoms with Crippen molar-refractivity contribution in [1.29, 1.82) is 0 Å². The minimum atomic E-state index is -0.547. The van der Waals surface area contributed by atoms with E-state index in [2.05, 4.69) is 27.0 Å². The van der Waals surface area contributed by atoms with E-state index in [1.807, 2.05) is 0 Å². The smallest absolute Gasteiger partial charge is 0.277 e. The van der Waals surface area contributed by atoms with E-state index in [9.17, 15) is 14.3 Å². The first kappa shape index (κ1) is 22.7. The Morgan fingerprint density at radius 2 is 2.07 bits per heavy atom. The normalized spacial score (nSPS) is 16.5. The van der Waals surface area contributed by atoms with Crippen molar-refractivity contribution in [3.63, 3.8) is 0 Å². The maximum Gasteiger partial charge on any atom is 0.277 e. The summed E-state index contributed by atoms with van der Waals surface area (Å²) in [5, 5.41) is 12.6. The minimum absolute atomic E-state index is 0.0642. The highest BCUT2D eigenvalue weighted by molar-refractivity contribution is 6.31. The van der Waals surface area contributed by atoms with Crippen LogP contribution in [0.2, 0.25) is 5.02 Å². The number of hydrogen-bond donors (Lipinski definition) is 2. The molecule has 164 valence electrons. The number of carbonyl (C=O) groups is 1. The molecule has 1 aromatic carbocycles. The third-order valence-electron chi connectivity index (χ3n) is 5.15. The molecule has 30 heavy (non-hydrogen) atoms. The average Bonchev–Trinajstić information content (AvgIpc) is 3.19. The Hall–Kier alpha value is -2.00. The van der Waals surface area contributed by atoms with Crippen LogP contribution in [0.15, 0.2) is 28.9 Å². The molecule has 1 aromatic heterocycles. The lowest BCUT2D eigenvalue weighted by Crippen LogP contribution is -2.48. The predicted octanol–water partition coefficient (Wildman–Crippen LogP) is 3.39. The summed E-state index contributed by atoms with van der Waals surface area (Å²) in [6.45, 7) is 6.80. The zero-order chi connectivity index (χ0) is 21.5. The summed E-state index contributed by atoms with van der Waals surface area (Å²) in [5.41, 5.74) is 0.538. The number of β-amino-alcohol motifs (C(OH)–C–C–N with tert-alkyl or cyclic N) is 1. The van der Waals surface area contributed by atoms with Gasteiger partial charge in [-0.15, -0.1) is 0 Å². The zero-order valence-electron chi connectivity index (χ0n) is 17.1. The summed E-state index contributed by atoms with van der Waals surface area (Å²) >= 11 is 5.73. The second-order valence-corrected chi connectivity index (χ2v) is 7.99. The summed E-state index contributed by atoms with van der Waals surface area (Å²) in [7, 11) is 0. The van der Waals surface area contributed by atoms with Gasteiger partial charge in [0.25, 0.3) is 5.91 Å². The molecule has 0 spiro atoms. The number of rotatable bonds is 9. The Kier molecular flexibility index (Phi) is 8.21. The molecule has 1 aliphatic heterocycles. The van der Waals surface area contributed by atoms with Gasteiger partial charge >= 0.3 is 0 Å². The number of unbranched alkanes of at least 4 members (excludes halogenated alkanes) is 1. The number of aliphatic hydroxyl groups is 1. The maximum absolute atomic E-state index is 13.2. The van der Waals surface area contributed by atoms with Crippen LogP contribution in [0.25, 0.3) is 0 Å². The molecule has 0 bridgehead atoms. The van der Waals surface area contributed by atoms with Gasteiger partial charge in [0.15, 0.2) is 5.69 Å². The number of nitrogens with one attached hydrogen (secondary N) is 1. The van der Waals surface area contributed by atoms with Crippen LogP contribution >= 0.6 is 11.6 Å². The van der Waals surface area contributed by atoms with E-state index >= 15 is 0 Å². The zero-order valence-corrected chi connectivity index (χ0v) is 17.9. The van der Waals surface area contributed by atoms with E-state index < -0.39 is 11.7 Å². The summed E-state index contributed by atoms with van der Waals surface area (Å²) in [4.78, 5) is 21.1. The molecule has 2 N–H and O–H groups in total. The fraction of sp³-hybridized carbons (Fsp3) is 0.524. The number of amides is 1. The molecule has 0 aliphatic carbocycles. The molecule has 0 saturated carbocycles. The standard InChI is InChI=1S/C21H28ClFN4O3/c1-2-3-4-16(28)12-26-7-9-27(10-8-26)13-20-25-19(14-30-20)21(29)24-15-5-6-18(23)17(22)11-15/h5-6,11,14,16,28H,2-4,7-10,12-13H2,1H3,(H,24,29)/t16-/m1/s1. The highest BCUT2D eigenvalue weighted by Crippen LogP contribution is 2.20. The lowest BCUT2D eigenvalue weighted by atomic mass is 10.1. The van der Waals surface area contributed by atoms with E-state index in [0.717, 1.165) is 45.4 Å². The van der Waals surface area contributed by atoms with E-state index in [4.69, 9.17) is 16.0 Å². The fourth-order valence-corrected chi connectivity index (χ4v) is 3.59. The first-order chi connectivity index (χ1) is 14.4. The van der Waals surface area contributed by atoms with Gasteiger partial charge < -0.3 is 14.8 Å². The van der Waals surface area contributed by atoms with Crippen molar-refractivity contribution in [3.8, 4) is 0 Å². The number of carbonyl (C=O) groups excluding carboxylic acids is 1. The van der Waals surface area contributed by atoms with Crippen LogP contribution in [-0.2, 0) is 6.54 Å². The molecule has 1 aliphatic rings. The van der Waals surface area contributed by atoms with Gasteiger partial charge in [-0.25, -0.2) is 9.37 Å². The van der Waals surface area contributed by atoms with Gasteiger partial charge in [-0.05, 0) is 24.6 Å². The van der Waals surface area contributed by atoms with Crippen LogP contribution in [0.3, 0.4) is 0 Å². The summed E-state index contributed by atoms with van der Waals surface area (Å²) in [6.07, 6.45) is 4.05. The Morgan fingerprint density at radius 1 is 1.33 bits per heavy atom. The number of aromatic nitrogens is 1. The molecule has 2 aromatic rings. The number of hydrogen-bond acceptors (Lipinski definition) is 6. The van der Waals surface area contributed by atoms with Crippen LogP contribution in [-0.4, -0.2) is 64.6 Å². The molecule has 1 fully saturated rings. The topological polar surface area (TPSA) is 81.8 Å². The van der Waals surface area contributed by atoms with Crippen LogP contribution in [0.1, 0.15) is 42.6 Å². The molecular weight excluding hydrogens is 411 g/mol. The Labute approximate surface area is 180 Å². The maximum atomic E-state index is 13.2. The Balaban J connectivity index is 1.45. The molecule has 7 nitrogen and oxygen atoms in total. The SMILES string of the molecule is CCCC[C@@H](O)CN1CCN(Cc2nc(C(=O)Nc3ccc(F)c(Cl)c3)co2)CC1. The van der Waals surface area contributed by atoms with E-state index in [0.29, 0.717) is 24.7 Å². The van der Waals surface area contributed by atoms with Gasteiger partial charge in [-0.1, -0.05) is 31.4 Å². The van der Waals surface area contributed by atoms with Crippen molar-refractivity contribution in [2.45, 2.75) is 38.8 Å². The molecule has 3 rings (SSSR count). The van der Waals surface area contributed by atoms with Crippen molar-refractivity contribution in [1.82, 2.24) is 14.8 Å². The van der Waals surface area contributed by atoms with Gasteiger partial charge in [-0.2, -0.15) is 0 Å². The molecule has 1 saturated heterocycles. The van der Waals surface area contributed by atoms with Gasteiger partial charge in [0.2, 0.25) is 5.89 Å². The van der Waals surface area contributed by atoms with Gasteiger partial charge in [0.1, 0.15) is 12.1 Å². The highest BCUT2D eigenvalue weighted by atomic mass is 35.5. The van der Waals surface area contributed by atoms with Crippen molar-refractivity contribution < 1.29 is 18.7 Å². The quantitative estimate of drug-likeness (QED) is 0.624. The first-order valence-corrected chi connectivity index (χ1v) is 10.7. The lowest BCUT2D eigenvalue weighted by molar-refractivity contribution is 0.0627. The molecule has 2 heterocycles. The second kappa shape index (κ2) is 10.9. The highest BCUT2D eigenvalue weighted by Gasteiger charge is 2.21. The number of nitrogens with zero attached hydrogens (tertiary/aromatic N) is 3. The Morgan fingerprint density at radius 3 is 2.77 bits per heavy atom. The molecular formula is C21H28ClFN4O3. The predicted molar refractivity (Wildman–Crippen MR) is 113 cm³/mol. The van der Waals surface area contributed by atoms with Gasteiger partial charge in [0, 0.05) is 38.4 Å². The third-order valence-corrected chi connectivity index (χ3v) is 5.44. The summed E-state index contributed by atoms with van der Waals surface area (Å²) < 4.78 is 18.7. The van der Waals surface area contributed by atoms with Crippen molar-refractivity contribution in [3.05, 3.63) is 46.9 Å². The van der Waals surface area contributed by atoms with Crippen LogP contribution < -0.4 is 5.32 Å². The summed E-state index contributed by atoms with van der Waals surface area (Å²) in [6, 6.07) is 3.96. The van der Waals surface area contributed by atoms with Crippen LogP contribution in [0.4, 0.5) is 10.1 Å². The molecule has 0 unspecified atom stereocenters. The van der Waals surface area contributed by atoms with E-state index in [-0.39, 0.29) is 16.8 Å². The number of anilines is 1. The van der Waals surface area contributed by atoms with E-state index in [1.165, 1.54) is 24.5 Å². The fourth-order valence-electron chi connectivity index (χ4n) is 3.41. The number of aliphatic hydroxyl groups excluding tert-OH is 1. The molecule has 0 radical (unpaired) electrons. The Bertz CT molecular complexity index is 839. The number of oxazole rings is 1. The number of benzene rings is 1. The van der Waals surface area contributed by atoms with Gasteiger partial charge in [0.05, 0.1) is 17.7 Å². The largest absolute Gasteiger partial charge is 0.447 e. The number of halogens is 2. The minimum Gasteiger partial charge on any atom is -0.447 e. The second-order valence-electron chi connectivity index (χ2n) is 7.58. The van der Waals surface area contributed by atoms with Crippen molar-refractivity contribution >= 4 is 23.2 Å². The number of piperazine rings is 1. The molecule has 1 atom stereocenters. The monoisotopic (exact) mass is 438 g/mol. The third kappa shape index (κ3) is 6.50. The van der Waals surface area contributed by atoms with E-state index in [1.54, 1.807) is 0 Å². The van der Waals surface area contributed by atoms with Crippen LogP contribution in [0.5, 0.6) is 0 Å². The molecule has 1 amide bonds. The van der Waals surface area contributed by atoms with Gasteiger partial charge in [-0.3, -0.25) is 14.6 Å². The first-order valence-electron chi connectivity index (χ1n) is 10.3. The summed E-state index contributed by atoms with van der Waals surface area (Å²) in [5.74, 6) is -0.527. The molecule has 9 heteroatoms. The average molecular weight is 439 g/mol.